The number of nitrogens with zero attached hydrogens (tertiary/aromatic N) is 2. The van der Waals surface area contributed by atoms with E-state index in [4.69, 9.17) is 0 Å². The van der Waals surface area contributed by atoms with Gasteiger partial charge in [0.15, 0.2) is 6.29 Å². The fourth-order valence-electron chi connectivity index (χ4n) is 4.51. The van der Waals surface area contributed by atoms with E-state index >= 15 is 0 Å². The SMILES string of the molecule is O=Cc1c(F)cccc1-c1cn(C(c2ccccc2)(c2ccccc2)c2ccccc2)cn1. The molecule has 5 rings (SSSR count). The van der Waals surface area contributed by atoms with E-state index in [9.17, 15) is 9.18 Å². The van der Waals surface area contributed by atoms with Crippen molar-refractivity contribution >= 4 is 6.29 Å². The Hall–Kier alpha value is -4.31. The molecule has 0 unspecified atom stereocenters. The van der Waals surface area contributed by atoms with Gasteiger partial charge >= 0.3 is 0 Å². The van der Waals surface area contributed by atoms with Crippen molar-refractivity contribution in [3.63, 3.8) is 0 Å². The number of carbonyl (C=O) groups is 1. The molecule has 0 atom stereocenters. The standard InChI is InChI=1S/C29H21FN2O/c30-27-18-10-17-25(26(27)20-33)28-19-32(21-31-28)29(22-11-4-1-5-12-22,23-13-6-2-7-14-23)24-15-8-3-9-16-24/h1-21H. The smallest absolute Gasteiger partial charge is 0.153 e. The van der Waals surface area contributed by atoms with Crippen molar-refractivity contribution < 1.29 is 9.18 Å². The van der Waals surface area contributed by atoms with Gasteiger partial charge in [0.25, 0.3) is 0 Å². The molecule has 4 aromatic carbocycles. The summed E-state index contributed by atoms with van der Waals surface area (Å²) in [7, 11) is 0. The highest BCUT2D eigenvalue weighted by Crippen LogP contribution is 2.41. The van der Waals surface area contributed by atoms with E-state index in [1.54, 1.807) is 18.5 Å². The molecule has 0 aliphatic carbocycles. The highest BCUT2D eigenvalue weighted by Gasteiger charge is 2.38. The molecule has 33 heavy (non-hydrogen) atoms. The van der Waals surface area contributed by atoms with Gasteiger partial charge in [0.2, 0.25) is 0 Å². The van der Waals surface area contributed by atoms with E-state index in [2.05, 4.69) is 41.4 Å². The van der Waals surface area contributed by atoms with Crippen molar-refractivity contribution in [3.8, 4) is 11.3 Å². The molecule has 0 aliphatic rings. The zero-order chi connectivity index (χ0) is 22.7. The van der Waals surface area contributed by atoms with Gasteiger partial charge in [-0.1, -0.05) is 103 Å². The quantitative estimate of drug-likeness (QED) is 0.232. The summed E-state index contributed by atoms with van der Waals surface area (Å²) in [6.07, 6.45) is 4.18. The predicted molar refractivity (Wildman–Crippen MR) is 128 cm³/mol. The van der Waals surface area contributed by atoms with Crippen molar-refractivity contribution in [2.24, 2.45) is 0 Å². The molecule has 0 amide bonds. The molecule has 3 nitrogen and oxygen atoms in total. The summed E-state index contributed by atoms with van der Waals surface area (Å²) in [5.74, 6) is -0.558. The Labute approximate surface area is 191 Å². The third-order valence-electron chi connectivity index (χ3n) is 5.99. The summed E-state index contributed by atoms with van der Waals surface area (Å²) in [5.41, 5.74) is 3.45. The number of hydrogen-bond acceptors (Lipinski definition) is 2. The van der Waals surface area contributed by atoms with Crippen LogP contribution < -0.4 is 0 Å². The lowest BCUT2D eigenvalue weighted by Crippen LogP contribution is -2.36. The van der Waals surface area contributed by atoms with Crippen LogP contribution in [-0.2, 0) is 5.54 Å². The number of benzene rings is 4. The number of aldehydes is 1. The van der Waals surface area contributed by atoms with Crippen LogP contribution >= 0.6 is 0 Å². The second-order valence-electron chi connectivity index (χ2n) is 7.79. The van der Waals surface area contributed by atoms with Crippen LogP contribution in [0.3, 0.4) is 0 Å². The molecule has 0 aliphatic heterocycles. The Balaban J connectivity index is 1.82. The molecule has 0 saturated carbocycles. The lowest BCUT2D eigenvalue weighted by atomic mass is 9.77. The topological polar surface area (TPSA) is 34.9 Å². The molecule has 0 N–H and O–H groups in total. The van der Waals surface area contributed by atoms with Crippen molar-refractivity contribution in [1.82, 2.24) is 9.55 Å². The second kappa shape index (κ2) is 8.67. The zero-order valence-corrected chi connectivity index (χ0v) is 17.8. The maximum atomic E-state index is 14.3. The zero-order valence-electron chi connectivity index (χ0n) is 17.8. The van der Waals surface area contributed by atoms with Gasteiger partial charge in [-0.3, -0.25) is 4.79 Å². The summed E-state index contributed by atoms with van der Waals surface area (Å²) in [5, 5.41) is 0. The van der Waals surface area contributed by atoms with Gasteiger partial charge < -0.3 is 4.57 Å². The van der Waals surface area contributed by atoms with Gasteiger partial charge in [0.05, 0.1) is 17.6 Å². The first kappa shape index (κ1) is 20.6. The Morgan fingerprint density at radius 1 is 0.697 bits per heavy atom. The van der Waals surface area contributed by atoms with Crippen molar-refractivity contribution in [3.05, 3.63) is 150 Å². The molecule has 5 aromatic rings. The predicted octanol–water partition coefficient (Wildman–Crippen LogP) is 6.34. The first-order valence-corrected chi connectivity index (χ1v) is 10.7. The molecule has 0 fully saturated rings. The Kier molecular flexibility index (Phi) is 5.41. The van der Waals surface area contributed by atoms with Crippen molar-refractivity contribution in [2.75, 3.05) is 0 Å². The molecule has 0 radical (unpaired) electrons. The third kappa shape index (κ3) is 3.46. The number of imidazole rings is 1. The summed E-state index contributed by atoms with van der Waals surface area (Å²) in [6.45, 7) is 0. The van der Waals surface area contributed by atoms with Crippen LogP contribution in [0.2, 0.25) is 0 Å². The minimum Gasteiger partial charge on any atom is -0.318 e. The number of carbonyl (C=O) groups excluding carboxylic acids is 1. The number of aromatic nitrogens is 2. The molecule has 0 spiro atoms. The summed E-state index contributed by atoms with van der Waals surface area (Å²) >= 11 is 0. The molecule has 4 heteroatoms. The minimum absolute atomic E-state index is 0.00693. The van der Waals surface area contributed by atoms with Gasteiger partial charge in [-0.25, -0.2) is 9.37 Å². The lowest BCUT2D eigenvalue weighted by molar-refractivity contribution is 0.112. The van der Waals surface area contributed by atoms with E-state index < -0.39 is 11.4 Å². The molecule has 0 saturated heterocycles. The monoisotopic (exact) mass is 432 g/mol. The second-order valence-corrected chi connectivity index (χ2v) is 7.79. The minimum atomic E-state index is -0.719. The van der Waals surface area contributed by atoms with Gasteiger partial charge in [-0.2, -0.15) is 0 Å². The number of halogens is 1. The van der Waals surface area contributed by atoms with E-state index in [0.29, 0.717) is 17.5 Å². The fourth-order valence-corrected chi connectivity index (χ4v) is 4.51. The average Bonchev–Trinajstić information content (AvgIpc) is 3.37. The van der Waals surface area contributed by atoms with Gasteiger partial charge in [-0.15, -0.1) is 0 Å². The molecule has 0 bridgehead atoms. The van der Waals surface area contributed by atoms with Crippen molar-refractivity contribution in [2.45, 2.75) is 5.54 Å². The first-order chi connectivity index (χ1) is 16.2. The van der Waals surface area contributed by atoms with Gasteiger partial charge in [0.1, 0.15) is 11.4 Å². The van der Waals surface area contributed by atoms with E-state index in [1.807, 2.05) is 65.4 Å². The van der Waals surface area contributed by atoms with Crippen LogP contribution in [0, 0.1) is 5.82 Å². The molecular formula is C29H21FN2O. The summed E-state index contributed by atoms with van der Waals surface area (Å²) in [4.78, 5) is 16.2. The first-order valence-electron chi connectivity index (χ1n) is 10.7. The maximum Gasteiger partial charge on any atom is 0.153 e. The van der Waals surface area contributed by atoms with Crippen molar-refractivity contribution in [1.29, 1.82) is 0 Å². The molecule has 1 heterocycles. The Morgan fingerprint density at radius 3 is 1.70 bits per heavy atom. The molecular weight excluding hydrogens is 411 g/mol. The lowest BCUT2D eigenvalue weighted by Gasteiger charge is -2.37. The van der Waals surface area contributed by atoms with Crippen LogP contribution in [0.4, 0.5) is 4.39 Å². The van der Waals surface area contributed by atoms with Gasteiger partial charge in [-0.05, 0) is 22.8 Å². The van der Waals surface area contributed by atoms with E-state index in [0.717, 1.165) is 16.7 Å². The largest absolute Gasteiger partial charge is 0.318 e. The Bertz CT molecular complexity index is 1280. The molecule has 160 valence electrons. The fraction of sp³-hybridized carbons (Fsp3) is 0.0345. The van der Waals surface area contributed by atoms with Gasteiger partial charge in [0, 0.05) is 11.8 Å². The van der Waals surface area contributed by atoms with E-state index in [-0.39, 0.29) is 5.56 Å². The highest BCUT2D eigenvalue weighted by atomic mass is 19.1. The third-order valence-corrected chi connectivity index (χ3v) is 5.99. The van der Waals surface area contributed by atoms with E-state index in [1.165, 1.54) is 6.07 Å². The van der Waals surface area contributed by atoms with Crippen LogP contribution in [0.25, 0.3) is 11.3 Å². The normalized spacial score (nSPS) is 11.3. The average molecular weight is 432 g/mol. The van der Waals surface area contributed by atoms with Crippen LogP contribution in [0.5, 0.6) is 0 Å². The highest BCUT2D eigenvalue weighted by molar-refractivity contribution is 5.86. The van der Waals surface area contributed by atoms with Crippen LogP contribution in [0.15, 0.2) is 122 Å². The molecule has 1 aromatic heterocycles. The number of hydrogen-bond donors (Lipinski definition) is 0. The Morgan fingerprint density at radius 2 is 1.21 bits per heavy atom. The maximum absolute atomic E-state index is 14.3. The summed E-state index contributed by atoms with van der Waals surface area (Å²) in [6, 6.07) is 35.3. The van der Waals surface area contributed by atoms with Crippen LogP contribution in [-0.4, -0.2) is 15.8 Å². The summed E-state index contributed by atoms with van der Waals surface area (Å²) < 4.78 is 16.3. The number of rotatable bonds is 6. The van der Waals surface area contributed by atoms with Crippen LogP contribution in [0.1, 0.15) is 27.0 Å².